The minimum absolute atomic E-state index is 0.0439. The van der Waals surface area contributed by atoms with E-state index >= 15 is 0 Å². The molecule has 0 rings (SSSR count). The standard InChI is InChI=1S/C18H29BrO10/c1-11(10-25-12(2)20)26-18(24-8-6-7-19)16(27-13(3)21)9-17(28-14(4)22)29-15(5)23/h11,16-18H,6-10H2,1-5H3/t11?,16?,18-/m1/s1. The van der Waals surface area contributed by atoms with Gasteiger partial charge in [-0.05, 0) is 13.3 Å². The van der Waals surface area contributed by atoms with E-state index in [9.17, 15) is 19.2 Å². The first-order chi connectivity index (χ1) is 13.5. The van der Waals surface area contributed by atoms with Crippen molar-refractivity contribution in [1.82, 2.24) is 0 Å². The van der Waals surface area contributed by atoms with Crippen molar-refractivity contribution in [2.75, 3.05) is 18.5 Å². The van der Waals surface area contributed by atoms with Gasteiger partial charge in [0.05, 0.1) is 19.1 Å². The van der Waals surface area contributed by atoms with Crippen LogP contribution in [0.25, 0.3) is 0 Å². The van der Waals surface area contributed by atoms with Gasteiger partial charge in [0, 0.05) is 33.0 Å². The lowest BCUT2D eigenvalue weighted by molar-refractivity contribution is -0.242. The Bertz CT molecular complexity index is 523. The van der Waals surface area contributed by atoms with Gasteiger partial charge in [0.2, 0.25) is 0 Å². The molecule has 0 aromatic rings. The van der Waals surface area contributed by atoms with Gasteiger partial charge in [0.25, 0.3) is 6.29 Å². The first-order valence-corrected chi connectivity index (χ1v) is 10.1. The zero-order valence-electron chi connectivity index (χ0n) is 17.3. The Kier molecular flexibility index (Phi) is 14.3. The number of carbonyl (C=O) groups excluding carboxylic acids is 4. The molecule has 0 aromatic heterocycles. The third-order valence-electron chi connectivity index (χ3n) is 3.09. The molecule has 0 spiro atoms. The molecule has 3 atom stereocenters. The molecule has 0 N–H and O–H groups in total. The van der Waals surface area contributed by atoms with Crippen molar-refractivity contribution in [3.8, 4) is 0 Å². The summed E-state index contributed by atoms with van der Waals surface area (Å²) < 4.78 is 31.6. The van der Waals surface area contributed by atoms with Crippen LogP contribution in [0.15, 0.2) is 0 Å². The van der Waals surface area contributed by atoms with Crippen molar-refractivity contribution in [2.45, 2.75) is 72.2 Å². The minimum Gasteiger partial charge on any atom is -0.463 e. The van der Waals surface area contributed by atoms with Crippen molar-refractivity contribution >= 4 is 39.8 Å². The third-order valence-corrected chi connectivity index (χ3v) is 3.65. The highest BCUT2D eigenvalue weighted by Crippen LogP contribution is 2.18. The van der Waals surface area contributed by atoms with Gasteiger partial charge in [0.15, 0.2) is 12.4 Å². The Balaban J connectivity index is 5.40. The number of hydrogen-bond acceptors (Lipinski definition) is 10. The predicted molar refractivity (Wildman–Crippen MR) is 103 cm³/mol. The smallest absolute Gasteiger partial charge is 0.305 e. The number of esters is 4. The quantitative estimate of drug-likeness (QED) is 0.118. The fourth-order valence-electron chi connectivity index (χ4n) is 2.10. The van der Waals surface area contributed by atoms with Gasteiger partial charge in [-0.3, -0.25) is 19.2 Å². The maximum atomic E-state index is 11.6. The van der Waals surface area contributed by atoms with Crippen LogP contribution in [-0.4, -0.2) is 67.2 Å². The Labute approximate surface area is 178 Å². The maximum absolute atomic E-state index is 11.6. The summed E-state index contributed by atoms with van der Waals surface area (Å²) in [5.41, 5.74) is 0. The van der Waals surface area contributed by atoms with Crippen molar-refractivity contribution in [3.63, 3.8) is 0 Å². The molecule has 0 saturated carbocycles. The van der Waals surface area contributed by atoms with Crippen LogP contribution in [0.5, 0.6) is 0 Å². The van der Waals surface area contributed by atoms with Gasteiger partial charge in [-0.2, -0.15) is 0 Å². The van der Waals surface area contributed by atoms with Crippen LogP contribution in [-0.2, 0) is 47.6 Å². The fourth-order valence-corrected chi connectivity index (χ4v) is 2.33. The normalized spacial score (nSPS) is 13.9. The average Bonchev–Trinajstić information content (AvgIpc) is 2.57. The second-order valence-electron chi connectivity index (χ2n) is 6.06. The lowest BCUT2D eigenvalue weighted by Crippen LogP contribution is -2.42. The molecular weight excluding hydrogens is 456 g/mol. The molecule has 0 heterocycles. The highest BCUT2D eigenvalue weighted by Gasteiger charge is 2.33. The highest BCUT2D eigenvalue weighted by atomic mass is 79.9. The van der Waals surface area contributed by atoms with E-state index in [-0.39, 0.29) is 19.6 Å². The third kappa shape index (κ3) is 14.9. The molecule has 0 saturated heterocycles. The summed E-state index contributed by atoms with van der Waals surface area (Å²) in [6, 6.07) is 0. The number of carbonyl (C=O) groups is 4. The monoisotopic (exact) mass is 484 g/mol. The van der Waals surface area contributed by atoms with Crippen LogP contribution < -0.4 is 0 Å². The second kappa shape index (κ2) is 15.2. The van der Waals surface area contributed by atoms with Gasteiger partial charge >= 0.3 is 23.9 Å². The molecule has 0 aliphatic carbocycles. The summed E-state index contributed by atoms with van der Waals surface area (Å²) >= 11 is 3.28. The predicted octanol–water partition coefficient (Wildman–Crippen LogP) is 1.86. The van der Waals surface area contributed by atoms with Crippen LogP contribution >= 0.6 is 15.9 Å². The highest BCUT2D eigenvalue weighted by molar-refractivity contribution is 9.09. The molecule has 10 nitrogen and oxygen atoms in total. The molecule has 11 heteroatoms. The summed E-state index contributed by atoms with van der Waals surface area (Å²) in [7, 11) is 0. The Morgan fingerprint density at radius 1 is 0.862 bits per heavy atom. The molecule has 0 bridgehead atoms. The van der Waals surface area contributed by atoms with Gasteiger partial charge in [0.1, 0.15) is 6.61 Å². The Morgan fingerprint density at radius 2 is 1.41 bits per heavy atom. The van der Waals surface area contributed by atoms with Crippen molar-refractivity contribution in [3.05, 3.63) is 0 Å². The Morgan fingerprint density at radius 3 is 1.86 bits per heavy atom. The molecule has 0 amide bonds. The lowest BCUT2D eigenvalue weighted by Gasteiger charge is -2.31. The van der Waals surface area contributed by atoms with E-state index < -0.39 is 48.7 Å². The lowest BCUT2D eigenvalue weighted by atomic mass is 10.2. The summed E-state index contributed by atoms with van der Waals surface area (Å²) in [5, 5.41) is 0.671. The number of alkyl halides is 1. The van der Waals surface area contributed by atoms with Crippen molar-refractivity contribution in [2.24, 2.45) is 0 Å². The SMILES string of the molecule is CC(=O)OCC(C)O[C@@H](OCCCBr)C(CC(OC(C)=O)OC(C)=O)OC(C)=O. The topological polar surface area (TPSA) is 124 Å². The van der Waals surface area contributed by atoms with Crippen LogP contribution in [0, 0.1) is 0 Å². The summed E-state index contributed by atoms with van der Waals surface area (Å²) in [6.45, 7) is 6.62. The molecule has 0 aliphatic heterocycles. The van der Waals surface area contributed by atoms with E-state index in [4.69, 9.17) is 28.4 Å². The number of rotatable bonds is 14. The van der Waals surface area contributed by atoms with Crippen LogP contribution in [0.2, 0.25) is 0 Å². The van der Waals surface area contributed by atoms with Gasteiger partial charge < -0.3 is 28.4 Å². The Hall–Kier alpha value is -1.72. The van der Waals surface area contributed by atoms with E-state index in [2.05, 4.69) is 15.9 Å². The van der Waals surface area contributed by atoms with Gasteiger partial charge in [-0.25, -0.2) is 0 Å². The molecular formula is C18H29BrO10. The maximum Gasteiger partial charge on any atom is 0.305 e. The summed E-state index contributed by atoms with van der Waals surface area (Å²) in [6.07, 6.45) is -3.61. The van der Waals surface area contributed by atoms with Crippen molar-refractivity contribution < 1.29 is 47.6 Å². The zero-order chi connectivity index (χ0) is 22.4. The molecule has 0 radical (unpaired) electrons. The van der Waals surface area contributed by atoms with E-state index in [0.29, 0.717) is 11.8 Å². The largest absolute Gasteiger partial charge is 0.463 e. The van der Waals surface area contributed by atoms with Gasteiger partial charge in [-0.1, -0.05) is 15.9 Å². The van der Waals surface area contributed by atoms with Crippen LogP contribution in [0.4, 0.5) is 0 Å². The summed E-state index contributed by atoms with van der Waals surface area (Å²) in [5.74, 6) is -2.47. The van der Waals surface area contributed by atoms with Crippen LogP contribution in [0.3, 0.4) is 0 Å². The van der Waals surface area contributed by atoms with Crippen molar-refractivity contribution in [1.29, 1.82) is 0 Å². The molecule has 0 aliphatic rings. The average molecular weight is 485 g/mol. The molecule has 0 aromatic carbocycles. The molecule has 168 valence electrons. The second-order valence-corrected chi connectivity index (χ2v) is 6.86. The number of ether oxygens (including phenoxy) is 6. The molecule has 0 fully saturated rings. The number of hydrogen-bond donors (Lipinski definition) is 0. The van der Waals surface area contributed by atoms with E-state index in [1.54, 1.807) is 6.92 Å². The molecule has 29 heavy (non-hydrogen) atoms. The molecule has 2 unspecified atom stereocenters. The first-order valence-electron chi connectivity index (χ1n) is 9.03. The van der Waals surface area contributed by atoms with E-state index in [0.717, 1.165) is 13.8 Å². The van der Waals surface area contributed by atoms with Gasteiger partial charge in [-0.15, -0.1) is 0 Å². The number of halogens is 1. The minimum atomic E-state index is -1.30. The van der Waals surface area contributed by atoms with Crippen LogP contribution in [0.1, 0.15) is 47.5 Å². The first kappa shape index (κ1) is 27.3. The zero-order valence-corrected chi connectivity index (χ0v) is 18.9. The summed E-state index contributed by atoms with van der Waals surface area (Å²) in [4.78, 5) is 45.2. The van der Waals surface area contributed by atoms with E-state index in [1.807, 2.05) is 0 Å². The van der Waals surface area contributed by atoms with E-state index in [1.165, 1.54) is 13.8 Å². The fraction of sp³-hybridized carbons (Fsp3) is 0.778.